The molecule has 0 aliphatic carbocycles. The smallest absolute Gasteiger partial charge is 0.337 e. The van der Waals surface area contributed by atoms with Crippen molar-refractivity contribution in [1.82, 2.24) is 0 Å². The zero-order valence-corrected chi connectivity index (χ0v) is 13.9. The van der Waals surface area contributed by atoms with Crippen LogP contribution in [0.2, 0.25) is 5.02 Å². The highest BCUT2D eigenvalue weighted by Crippen LogP contribution is 2.28. The van der Waals surface area contributed by atoms with E-state index in [1.165, 1.54) is 12.1 Å². The Morgan fingerprint density at radius 1 is 1.32 bits per heavy atom. The van der Waals surface area contributed by atoms with Gasteiger partial charge in [0.1, 0.15) is 5.75 Å². The lowest BCUT2D eigenvalue weighted by Crippen LogP contribution is -2.25. The number of nitrogens with zero attached hydrogens (tertiary/aromatic N) is 1. The molecule has 0 bridgehead atoms. The number of carbonyl (C=O) groups excluding carboxylic acids is 1. The van der Waals surface area contributed by atoms with Gasteiger partial charge in [-0.3, -0.25) is 10.2 Å². The molecule has 8 heteroatoms. The van der Waals surface area contributed by atoms with Crippen LogP contribution in [-0.2, 0) is 4.79 Å². The first-order chi connectivity index (χ1) is 11.9. The Hall–Kier alpha value is -3.06. The van der Waals surface area contributed by atoms with Gasteiger partial charge in [0, 0.05) is 0 Å². The highest BCUT2D eigenvalue weighted by atomic mass is 35.5. The zero-order chi connectivity index (χ0) is 18.0. The molecule has 0 saturated carbocycles. The standard InChI is InChI=1S/C17H14ClN3O4/c1-9(10-2-5-15-14(6-10)19-16(22)8-25-15)20-21-11-3-4-13(18)12(7-11)17(23)24/h2-7,21H,8H2,1H3,(H,19,22)(H,23,24)/b20-9+. The van der Waals surface area contributed by atoms with Crippen LogP contribution in [0.5, 0.6) is 5.75 Å². The molecule has 3 rings (SSSR count). The number of carboxylic acids is 1. The molecular weight excluding hydrogens is 346 g/mol. The SMILES string of the molecule is C/C(=N\Nc1ccc(Cl)c(C(=O)O)c1)c1ccc2c(c1)NC(=O)CO2. The Labute approximate surface area is 148 Å². The summed E-state index contributed by atoms with van der Waals surface area (Å²) in [6.07, 6.45) is 0. The van der Waals surface area contributed by atoms with Crippen molar-refractivity contribution in [2.75, 3.05) is 17.3 Å². The number of carbonyl (C=O) groups is 2. The number of fused-ring (bicyclic) bond motifs is 1. The second-order valence-electron chi connectivity index (χ2n) is 5.36. The largest absolute Gasteiger partial charge is 0.482 e. The molecule has 0 saturated heterocycles. The minimum Gasteiger partial charge on any atom is -0.482 e. The Balaban J connectivity index is 1.80. The molecule has 0 fully saturated rings. The van der Waals surface area contributed by atoms with Gasteiger partial charge < -0.3 is 15.2 Å². The third-order valence-corrected chi connectivity index (χ3v) is 3.91. The molecule has 0 aromatic heterocycles. The van der Waals surface area contributed by atoms with E-state index < -0.39 is 5.97 Å². The quantitative estimate of drug-likeness (QED) is 0.575. The van der Waals surface area contributed by atoms with Gasteiger partial charge in [-0.15, -0.1) is 0 Å². The van der Waals surface area contributed by atoms with Gasteiger partial charge in [0.25, 0.3) is 5.91 Å². The number of hydrazone groups is 1. The van der Waals surface area contributed by atoms with Crippen LogP contribution in [0.15, 0.2) is 41.5 Å². The van der Waals surface area contributed by atoms with Gasteiger partial charge in [-0.25, -0.2) is 4.79 Å². The lowest BCUT2D eigenvalue weighted by atomic mass is 10.1. The Kier molecular flexibility index (Phi) is 4.58. The molecule has 7 nitrogen and oxygen atoms in total. The highest BCUT2D eigenvalue weighted by molar-refractivity contribution is 6.33. The van der Waals surface area contributed by atoms with Crippen LogP contribution in [0, 0.1) is 0 Å². The molecule has 0 atom stereocenters. The predicted octanol–water partition coefficient (Wildman–Crippen LogP) is 3.21. The third kappa shape index (κ3) is 3.72. The minimum atomic E-state index is -1.11. The van der Waals surface area contributed by atoms with Crippen molar-refractivity contribution in [1.29, 1.82) is 0 Å². The summed E-state index contributed by atoms with van der Waals surface area (Å²) >= 11 is 5.84. The number of hydrogen-bond acceptors (Lipinski definition) is 5. The van der Waals surface area contributed by atoms with Crippen molar-refractivity contribution in [3.8, 4) is 5.75 Å². The van der Waals surface area contributed by atoms with Gasteiger partial charge in [-0.1, -0.05) is 11.6 Å². The average Bonchev–Trinajstić information content (AvgIpc) is 2.59. The fourth-order valence-corrected chi connectivity index (χ4v) is 2.48. The summed E-state index contributed by atoms with van der Waals surface area (Å²) in [4.78, 5) is 22.5. The van der Waals surface area contributed by atoms with Crippen LogP contribution in [0.3, 0.4) is 0 Å². The third-order valence-electron chi connectivity index (χ3n) is 3.58. The lowest BCUT2D eigenvalue weighted by Gasteiger charge is -2.18. The first kappa shape index (κ1) is 16.8. The number of benzene rings is 2. The van der Waals surface area contributed by atoms with E-state index in [-0.39, 0.29) is 23.1 Å². The van der Waals surface area contributed by atoms with Gasteiger partial charge in [0.2, 0.25) is 0 Å². The molecule has 1 heterocycles. The maximum absolute atomic E-state index is 11.4. The molecule has 1 amide bonds. The minimum absolute atomic E-state index is 0.00342. The number of anilines is 2. The number of ether oxygens (including phenoxy) is 1. The van der Waals surface area contributed by atoms with Crippen LogP contribution >= 0.6 is 11.6 Å². The van der Waals surface area contributed by atoms with Gasteiger partial charge in [-0.05, 0) is 48.9 Å². The first-order valence-electron chi connectivity index (χ1n) is 7.34. The van der Waals surface area contributed by atoms with E-state index in [1.807, 2.05) is 6.07 Å². The normalized spacial score (nSPS) is 13.5. The molecule has 1 aliphatic heterocycles. The molecular formula is C17H14ClN3O4. The summed E-state index contributed by atoms with van der Waals surface area (Å²) in [5.41, 5.74) is 5.31. The summed E-state index contributed by atoms with van der Waals surface area (Å²) in [6.45, 7) is 1.79. The molecule has 128 valence electrons. The molecule has 3 N–H and O–H groups in total. The maximum atomic E-state index is 11.4. The van der Waals surface area contributed by atoms with E-state index >= 15 is 0 Å². The summed E-state index contributed by atoms with van der Waals surface area (Å²) in [5.74, 6) is -0.715. The van der Waals surface area contributed by atoms with E-state index in [4.69, 9.17) is 21.4 Å². The molecule has 0 radical (unpaired) electrons. The van der Waals surface area contributed by atoms with Gasteiger partial charge >= 0.3 is 5.97 Å². The number of aromatic carboxylic acids is 1. The first-order valence-corrected chi connectivity index (χ1v) is 7.72. The Morgan fingerprint density at radius 2 is 2.12 bits per heavy atom. The monoisotopic (exact) mass is 359 g/mol. The predicted molar refractivity (Wildman–Crippen MR) is 94.8 cm³/mol. The van der Waals surface area contributed by atoms with Crippen LogP contribution in [-0.4, -0.2) is 29.3 Å². The van der Waals surface area contributed by atoms with Gasteiger partial charge in [0.05, 0.1) is 27.7 Å². The van der Waals surface area contributed by atoms with E-state index in [0.29, 0.717) is 22.8 Å². The zero-order valence-electron chi connectivity index (χ0n) is 13.2. The molecule has 25 heavy (non-hydrogen) atoms. The van der Waals surface area contributed by atoms with Crippen LogP contribution < -0.4 is 15.5 Å². The second-order valence-corrected chi connectivity index (χ2v) is 5.76. The number of amides is 1. The van der Waals surface area contributed by atoms with Crippen LogP contribution in [0.1, 0.15) is 22.8 Å². The highest BCUT2D eigenvalue weighted by Gasteiger charge is 2.16. The van der Waals surface area contributed by atoms with Crippen molar-refractivity contribution in [2.24, 2.45) is 5.10 Å². The summed E-state index contributed by atoms with van der Waals surface area (Å²) in [7, 11) is 0. The molecule has 0 spiro atoms. The molecule has 0 unspecified atom stereocenters. The Bertz CT molecular complexity index is 895. The van der Waals surface area contributed by atoms with E-state index in [0.717, 1.165) is 5.56 Å². The lowest BCUT2D eigenvalue weighted by molar-refractivity contribution is -0.118. The van der Waals surface area contributed by atoms with Crippen molar-refractivity contribution < 1.29 is 19.4 Å². The van der Waals surface area contributed by atoms with Gasteiger partial charge in [-0.2, -0.15) is 5.10 Å². The van der Waals surface area contributed by atoms with Crippen molar-refractivity contribution in [3.05, 3.63) is 52.5 Å². The van der Waals surface area contributed by atoms with E-state index in [9.17, 15) is 9.59 Å². The van der Waals surface area contributed by atoms with Gasteiger partial charge in [0.15, 0.2) is 6.61 Å². The van der Waals surface area contributed by atoms with E-state index in [1.54, 1.807) is 25.1 Å². The molecule has 2 aromatic rings. The number of carboxylic acid groups (broad SMARTS) is 1. The number of rotatable bonds is 4. The molecule has 1 aliphatic rings. The van der Waals surface area contributed by atoms with Crippen molar-refractivity contribution >= 4 is 40.6 Å². The van der Waals surface area contributed by atoms with Crippen molar-refractivity contribution in [2.45, 2.75) is 6.92 Å². The van der Waals surface area contributed by atoms with Crippen LogP contribution in [0.4, 0.5) is 11.4 Å². The fraction of sp³-hybridized carbons (Fsp3) is 0.118. The Morgan fingerprint density at radius 3 is 2.88 bits per heavy atom. The average molecular weight is 360 g/mol. The van der Waals surface area contributed by atoms with E-state index in [2.05, 4.69) is 15.8 Å². The second kappa shape index (κ2) is 6.82. The summed E-state index contributed by atoms with van der Waals surface area (Å²) in [6, 6.07) is 9.87. The fourth-order valence-electron chi connectivity index (χ4n) is 2.28. The maximum Gasteiger partial charge on any atom is 0.337 e. The summed E-state index contributed by atoms with van der Waals surface area (Å²) < 4.78 is 5.31. The summed E-state index contributed by atoms with van der Waals surface area (Å²) in [5, 5.41) is 16.2. The van der Waals surface area contributed by atoms with Crippen LogP contribution in [0.25, 0.3) is 0 Å². The topological polar surface area (TPSA) is 100 Å². The number of hydrogen-bond donors (Lipinski definition) is 3. The van der Waals surface area contributed by atoms with Crippen molar-refractivity contribution in [3.63, 3.8) is 0 Å². The number of nitrogens with one attached hydrogen (secondary N) is 2. The number of halogens is 1. The molecule has 2 aromatic carbocycles.